The van der Waals surface area contributed by atoms with Crippen molar-refractivity contribution < 1.29 is 0 Å². The van der Waals surface area contributed by atoms with E-state index < -0.39 is 0 Å². The molecule has 0 unspecified atom stereocenters. The summed E-state index contributed by atoms with van der Waals surface area (Å²) >= 11 is 0. The van der Waals surface area contributed by atoms with E-state index >= 15 is 0 Å². The van der Waals surface area contributed by atoms with Gasteiger partial charge in [-0.15, -0.1) is 0 Å². The fourth-order valence-electron chi connectivity index (χ4n) is 6.25. The number of hydrogen-bond donors (Lipinski definition) is 0. The van der Waals surface area contributed by atoms with Crippen molar-refractivity contribution >= 4 is 22.7 Å². The first-order valence-electron chi connectivity index (χ1n) is 11.9. The third-order valence-corrected chi connectivity index (χ3v) is 7.96. The van der Waals surface area contributed by atoms with Crippen LogP contribution in [0.25, 0.3) is 11.1 Å². The van der Waals surface area contributed by atoms with Gasteiger partial charge in [0.2, 0.25) is 0 Å². The summed E-state index contributed by atoms with van der Waals surface area (Å²) in [7, 11) is 4.44. The average molecular weight is 429 g/mol. The lowest BCUT2D eigenvalue weighted by molar-refractivity contribution is 1.04. The fourth-order valence-corrected chi connectivity index (χ4v) is 6.25. The molecule has 0 bridgehead atoms. The van der Waals surface area contributed by atoms with Gasteiger partial charge in [-0.25, -0.2) is 0 Å². The zero-order chi connectivity index (χ0) is 22.4. The first-order valence-corrected chi connectivity index (χ1v) is 11.9. The highest BCUT2D eigenvalue weighted by molar-refractivity contribution is 5.87. The Morgan fingerprint density at radius 1 is 0.455 bits per heavy atom. The van der Waals surface area contributed by atoms with Crippen molar-refractivity contribution in [3.8, 4) is 11.1 Å². The minimum absolute atomic E-state index is 1.01. The standard InChI is InChI=1S/C31H28N2/c1-18-6-8-28-23(9-18)13-25-15-27-21(16-30(25)32(28)3)12-22-17-31-24(14-26(22)27)11-20-7-5-19(2)10-29(20)33(31)4/h5-10,14-17H,11-13H2,1-4H3. The van der Waals surface area contributed by atoms with E-state index in [-0.39, 0.29) is 0 Å². The Morgan fingerprint density at radius 3 is 1.64 bits per heavy atom. The summed E-state index contributed by atoms with van der Waals surface area (Å²) in [6.45, 7) is 4.37. The third-order valence-electron chi connectivity index (χ3n) is 7.96. The fraction of sp³-hybridized carbons (Fsp3) is 0.226. The summed E-state index contributed by atoms with van der Waals surface area (Å²) in [6, 6.07) is 23.6. The highest BCUT2D eigenvalue weighted by Crippen LogP contribution is 2.48. The van der Waals surface area contributed by atoms with E-state index in [9.17, 15) is 0 Å². The maximum atomic E-state index is 2.48. The van der Waals surface area contributed by atoms with Crippen molar-refractivity contribution in [2.45, 2.75) is 33.1 Å². The van der Waals surface area contributed by atoms with Gasteiger partial charge in [-0.1, -0.05) is 29.8 Å². The van der Waals surface area contributed by atoms with Gasteiger partial charge in [-0.3, -0.25) is 0 Å². The van der Waals surface area contributed by atoms with Gasteiger partial charge in [0.1, 0.15) is 0 Å². The number of fused-ring (bicyclic) bond motifs is 7. The normalized spacial score (nSPS) is 14.8. The lowest BCUT2D eigenvalue weighted by Crippen LogP contribution is -2.19. The number of anilines is 4. The molecule has 2 heteroatoms. The Balaban J connectivity index is 1.34. The molecule has 162 valence electrons. The van der Waals surface area contributed by atoms with E-state index in [4.69, 9.17) is 0 Å². The first kappa shape index (κ1) is 19.0. The van der Waals surface area contributed by atoms with Crippen LogP contribution in [0.2, 0.25) is 0 Å². The summed E-state index contributed by atoms with van der Waals surface area (Å²) < 4.78 is 0. The van der Waals surface area contributed by atoms with Crippen LogP contribution in [0.15, 0.2) is 60.7 Å². The molecule has 0 N–H and O–H groups in total. The molecule has 4 aromatic carbocycles. The molecule has 2 nitrogen and oxygen atoms in total. The van der Waals surface area contributed by atoms with Crippen LogP contribution >= 0.6 is 0 Å². The molecule has 0 fully saturated rings. The molecule has 0 saturated heterocycles. The molecule has 2 aliphatic heterocycles. The Morgan fingerprint density at radius 2 is 0.939 bits per heavy atom. The molecule has 4 aromatic rings. The van der Waals surface area contributed by atoms with Crippen LogP contribution < -0.4 is 9.80 Å². The quantitative estimate of drug-likeness (QED) is 0.257. The molecular formula is C31H28N2. The number of benzene rings is 4. The molecule has 3 aliphatic rings. The van der Waals surface area contributed by atoms with Gasteiger partial charge in [-0.2, -0.15) is 0 Å². The zero-order valence-corrected chi connectivity index (χ0v) is 19.8. The monoisotopic (exact) mass is 428 g/mol. The van der Waals surface area contributed by atoms with Gasteiger partial charge in [0, 0.05) is 49.7 Å². The highest BCUT2D eigenvalue weighted by atomic mass is 15.1. The molecule has 0 saturated carbocycles. The van der Waals surface area contributed by atoms with Gasteiger partial charge >= 0.3 is 0 Å². The minimum atomic E-state index is 1.01. The summed E-state index contributed by atoms with van der Waals surface area (Å²) in [4.78, 5) is 4.77. The van der Waals surface area contributed by atoms with E-state index in [0.717, 1.165) is 19.3 Å². The van der Waals surface area contributed by atoms with E-state index in [1.54, 1.807) is 0 Å². The second-order valence-electron chi connectivity index (χ2n) is 10.2. The second-order valence-corrected chi connectivity index (χ2v) is 10.2. The van der Waals surface area contributed by atoms with Gasteiger partial charge < -0.3 is 9.80 Å². The molecule has 0 aromatic heterocycles. The maximum absolute atomic E-state index is 2.48. The highest BCUT2D eigenvalue weighted by Gasteiger charge is 2.29. The van der Waals surface area contributed by atoms with E-state index in [1.807, 2.05) is 0 Å². The van der Waals surface area contributed by atoms with Crippen molar-refractivity contribution in [3.05, 3.63) is 105 Å². The molecule has 2 heterocycles. The molecule has 0 atom stereocenters. The van der Waals surface area contributed by atoms with E-state index in [1.165, 1.54) is 78.4 Å². The molecule has 0 radical (unpaired) electrons. The van der Waals surface area contributed by atoms with Crippen molar-refractivity contribution in [2.75, 3.05) is 23.9 Å². The summed E-state index contributed by atoms with van der Waals surface area (Å²) in [5, 5.41) is 0. The first-order chi connectivity index (χ1) is 16.0. The summed E-state index contributed by atoms with van der Waals surface area (Å²) in [5.74, 6) is 0. The Labute approximate surface area is 196 Å². The second kappa shape index (κ2) is 6.51. The topological polar surface area (TPSA) is 6.48 Å². The Bertz CT molecular complexity index is 1490. The van der Waals surface area contributed by atoms with Crippen LogP contribution in [0.5, 0.6) is 0 Å². The number of nitrogens with zero attached hydrogens (tertiary/aromatic N) is 2. The molecule has 0 spiro atoms. The predicted octanol–water partition coefficient (Wildman–Crippen LogP) is 7.22. The van der Waals surface area contributed by atoms with E-state index in [2.05, 4.69) is 98.4 Å². The van der Waals surface area contributed by atoms with Crippen LogP contribution in [0.3, 0.4) is 0 Å². The van der Waals surface area contributed by atoms with Crippen molar-refractivity contribution in [1.82, 2.24) is 0 Å². The number of aryl methyl sites for hydroxylation is 2. The van der Waals surface area contributed by atoms with Gasteiger partial charge in [0.15, 0.2) is 0 Å². The third kappa shape index (κ3) is 2.67. The maximum Gasteiger partial charge on any atom is 0.0447 e. The van der Waals surface area contributed by atoms with Gasteiger partial charge in [0.25, 0.3) is 0 Å². The molecular weight excluding hydrogens is 400 g/mol. The van der Waals surface area contributed by atoms with E-state index in [0.29, 0.717) is 0 Å². The van der Waals surface area contributed by atoms with Crippen molar-refractivity contribution in [3.63, 3.8) is 0 Å². The largest absolute Gasteiger partial charge is 0.344 e. The van der Waals surface area contributed by atoms with Crippen LogP contribution in [0.1, 0.15) is 44.5 Å². The van der Waals surface area contributed by atoms with Crippen molar-refractivity contribution in [1.29, 1.82) is 0 Å². The Hall–Kier alpha value is -3.52. The minimum Gasteiger partial charge on any atom is -0.344 e. The molecule has 7 rings (SSSR count). The van der Waals surface area contributed by atoms with Crippen LogP contribution in [0, 0.1) is 13.8 Å². The summed E-state index contributed by atoms with van der Waals surface area (Å²) in [6.07, 6.45) is 3.05. The number of rotatable bonds is 0. The summed E-state index contributed by atoms with van der Waals surface area (Å²) in [5.41, 5.74) is 19.6. The Kier molecular flexibility index (Phi) is 3.75. The lowest BCUT2D eigenvalue weighted by Gasteiger charge is -2.31. The lowest BCUT2D eigenvalue weighted by atomic mass is 9.90. The van der Waals surface area contributed by atoms with Crippen LogP contribution in [-0.2, 0) is 19.3 Å². The van der Waals surface area contributed by atoms with Crippen molar-refractivity contribution in [2.24, 2.45) is 0 Å². The molecule has 1 aliphatic carbocycles. The zero-order valence-electron chi connectivity index (χ0n) is 19.8. The predicted molar refractivity (Wildman–Crippen MR) is 139 cm³/mol. The average Bonchev–Trinajstić information content (AvgIpc) is 3.14. The van der Waals surface area contributed by atoms with Gasteiger partial charge in [-0.05, 0) is 107 Å². The molecule has 0 amide bonds. The number of hydrogen-bond acceptors (Lipinski definition) is 2. The molecule has 33 heavy (non-hydrogen) atoms. The van der Waals surface area contributed by atoms with Crippen LogP contribution in [-0.4, -0.2) is 14.1 Å². The SMILES string of the molecule is Cc1ccc2c(c1)Cc1cc3c(cc1N2C)Cc1cc2c(cc1-3)Cc1ccc(C)cc1N2C. The van der Waals surface area contributed by atoms with Crippen LogP contribution in [0.4, 0.5) is 22.7 Å². The smallest absolute Gasteiger partial charge is 0.0447 e. The van der Waals surface area contributed by atoms with Gasteiger partial charge in [0.05, 0.1) is 0 Å².